The normalized spacial score (nSPS) is 10.7. The van der Waals surface area contributed by atoms with Crippen LogP contribution in [-0.4, -0.2) is 19.0 Å². The van der Waals surface area contributed by atoms with Crippen LogP contribution in [0.15, 0.2) is 45.8 Å². The van der Waals surface area contributed by atoms with Gasteiger partial charge in [-0.2, -0.15) is 5.26 Å². The molecule has 0 bridgehead atoms. The van der Waals surface area contributed by atoms with Gasteiger partial charge in [0.1, 0.15) is 16.6 Å². The lowest BCUT2D eigenvalue weighted by molar-refractivity contribution is -0.112. The van der Waals surface area contributed by atoms with Crippen molar-refractivity contribution in [3.05, 3.63) is 56.9 Å². The standard InChI is InChI=1S/C16H11BrN2O3S/c1-22-16(21)13-6-7-23-15(13)19-14(20)11(9-18)8-10-2-4-12(17)5-3-10/h2-8H,1H3,(H,19,20)/b11-8+. The Morgan fingerprint density at radius 1 is 1.30 bits per heavy atom. The SMILES string of the molecule is COC(=O)c1ccsc1NC(=O)/C(C#N)=C/c1ccc(Br)cc1. The number of halogens is 1. The van der Waals surface area contributed by atoms with E-state index in [0.717, 1.165) is 10.0 Å². The van der Waals surface area contributed by atoms with E-state index in [2.05, 4.69) is 26.0 Å². The molecule has 0 aliphatic heterocycles. The number of hydrogen-bond acceptors (Lipinski definition) is 5. The number of esters is 1. The molecular formula is C16H11BrN2O3S. The van der Waals surface area contributed by atoms with E-state index in [1.165, 1.54) is 24.5 Å². The molecule has 0 aliphatic carbocycles. The highest BCUT2D eigenvalue weighted by Gasteiger charge is 2.17. The fourth-order valence-corrected chi connectivity index (χ4v) is 2.76. The molecule has 1 heterocycles. The van der Waals surface area contributed by atoms with Gasteiger partial charge >= 0.3 is 5.97 Å². The van der Waals surface area contributed by atoms with E-state index in [0.29, 0.717) is 5.00 Å². The molecule has 0 spiro atoms. The number of nitrogens with zero attached hydrogens (tertiary/aromatic N) is 1. The van der Waals surface area contributed by atoms with Crippen LogP contribution in [0.2, 0.25) is 0 Å². The van der Waals surface area contributed by atoms with E-state index in [4.69, 9.17) is 0 Å². The summed E-state index contributed by atoms with van der Waals surface area (Å²) < 4.78 is 5.54. The Hall–Kier alpha value is -2.43. The van der Waals surface area contributed by atoms with Crippen molar-refractivity contribution in [2.75, 3.05) is 12.4 Å². The number of methoxy groups -OCH3 is 1. The number of carbonyl (C=O) groups excluding carboxylic acids is 2. The van der Waals surface area contributed by atoms with Crippen molar-refractivity contribution < 1.29 is 14.3 Å². The third kappa shape index (κ3) is 4.28. The molecule has 0 radical (unpaired) electrons. The molecule has 0 unspecified atom stereocenters. The first-order valence-corrected chi connectivity index (χ1v) is 8.07. The van der Waals surface area contributed by atoms with Gasteiger partial charge in [-0.15, -0.1) is 11.3 Å². The van der Waals surface area contributed by atoms with Crippen LogP contribution in [-0.2, 0) is 9.53 Å². The number of hydrogen-bond donors (Lipinski definition) is 1. The van der Waals surface area contributed by atoms with E-state index in [1.54, 1.807) is 23.6 Å². The molecule has 1 aromatic carbocycles. The summed E-state index contributed by atoms with van der Waals surface area (Å²) in [7, 11) is 1.26. The lowest BCUT2D eigenvalue weighted by Gasteiger charge is -2.04. The van der Waals surface area contributed by atoms with E-state index in [1.807, 2.05) is 18.2 Å². The second-order valence-corrected chi connectivity index (χ2v) is 6.16. The monoisotopic (exact) mass is 390 g/mol. The molecule has 1 aromatic heterocycles. The maximum Gasteiger partial charge on any atom is 0.340 e. The van der Waals surface area contributed by atoms with Crippen LogP contribution >= 0.6 is 27.3 Å². The quantitative estimate of drug-likeness (QED) is 0.488. The predicted octanol–water partition coefficient (Wildman–Crippen LogP) is 3.84. The Kier molecular flexibility index (Phi) is 5.68. The van der Waals surface area contributed by atoms with Gasteiger partial charge in [-0.3, -0.25) is 4.79 Å². The van der Waals surface area contributed by atoms with Crippen LogP contribution in [0, 0.1) is 11.3 Å². The molecule has 1 amide bonds. The molecule has 0 fully saturated rings. The zero-order valence-corrected chi connectivity index (χ0v) is 14.4. The van der Waals surface area contributed by atoms with E-state index in [-0.39, 0.29) is 11.1 Å². The number of nitriles is 1. The molecule has 7 heteroatoms. The van der Waals surface area contributed by atoms with Gasteiger partial charge in [0.05, 0.1) is 12.7 Å². The molecule has 2 aromatic rings. The summed E-state index contributed by atoms with van der Waals surface area (Å²) in [5.74, 6) is -1.13. The second-order valence-electron chi connectivity index (χ2n) is 4.33. The molecule has 0 aliphatic rings. The summed E-state index contributed by atoms with van der Waals surface area (Å²) in [6.45, 7) is 0. The topological polar surface area (TPSA) is 79.2 Å². The third-order valence-electron chi connectivity index (χ3n) is 2.84. The average molecular weight is 391 g/mol. The van der Waals surface area contributed by atoms with Crippen LogP contribution in [0.3, 0.4) is 0 Å². The number of nitrogens with one attached hydrogen (secondary N) is 1. The van der Waals surface area contributed by atoms with Crippen molar-refractivity contribution in [1.29, 1.82) is 5.26 Å². The fourth-order valence-electron chi connectivity index (χ4n) is 1.72. The summed E-state index contributed by atoms with van der Waals surface area (Å²) in [6.07, 6.45) is 1.48. The number of anilines is 1. The highest BCUT2D eigenvalue weighted by atomic mass is 79.9. The van der Waals surface area contributed by atoms with Crippen LogP contribution in [0.1, 0.15) is 15.9 Å². The van der Waals surface area contributed by atoms with Crippen molar-refractivity contribution in [2.24, 2.45) is 0 Å². The van der Waals surface area contributed by atoms with Crippen molar-refractivity contribution >= 4 is 50.2 Å². The summed E-state index contributed by atoms with van der Waals surface area (Å²) >= 11 is 4.50. The average Bonchev–Trinajstić information content (AvgIpc) is 3.01. The Morgan fingerprint density at radius 2 is 2.00 bits per heavy atom. The minimum Gasteiger partial charge on any atom is -0.465 e. The molecule has 0 atom stereocenters. The molecule has 2 rings (SSSR count). The summed E-state index contributed by atoms with van der Waals surface area (Å²) in [4.78, 5) is 23.8. The summed E-state index contributed by atoms with van der Waals surface area (Å²) in [6, 6.07) is 10.6. The first-order chi connectivity index (χ1) is 11.0. The van der Waals surface area contributed by atoms with Crippen LogP contribution in [0.5, 0.6) is 0 Å². The van der Waals surface area contributed by atoms with Gasteiger partial charge in [0.2, 0.25) is 0 Å². The number of benzene rings is 1. The number of thiophene rings is 1. The van der Waals surface area contributed by atoms with Crippen molar-refractivity contribution in [3.8, 4) is 6.07 Å². The smallest absolute Gasteiger partial charge is 0.340 e. The summed E-state index contributed by atoms with van der Waals surface area (Å²) in [5.41, 5.74) is 0.919. The number of rotatable bonds is 4. The molecule has 5 nitrogen and oxygen atoms in total. The van der Waals surface area contributed by atoms with Gasteiger partial charge in [-0.25, -0.2) is 4.79 Å². The van der Waals surface area contributed by atoms with Crippen molar-refractivity contribution in [3.63, 3.8) is 0 Å². The highest BCUT2D eigenvalue weighted by Crippen LogP contribution is 2.24. The largest absolute Gasteiger partial charge is 0.465 e. The lowest BCUT2D eigenvalue weighted by Crippen LogP contribution is -2.15. The Balaban J connectivity index is 2.22. The highest BCUT2D eigenvalue weighted by molar-refractivity contribution is 9.10. The zero-order chi connectivity index (χ0) is 16.8. The number of ether oxygens (including phenoxy) is 1. The Bertz CT molecular complexity index is 803. The lowest BCUT2D eigenvalue weighted by atomic mass is 10.1. The Labute approximate surface area is 145 Å². The minimum absolute atomic E-state index is 0.0588. The Morgan fingerprint density at radius 3 is 2.61 bits per heavy atom. The molecule has 1 N–H and O–H groups in total. The maximum atomic E-state index is 12.2. The van der Waals surface area contributed by atoms with Crippen molar-refractivity contribution in [1.82, 2.24) is 0 Å². The second kappa shape index (κ2) is 7.72. The van der Waals surface area contributed by atoms with E-state index >= 15 is 0 Å². The van der Waals surface area contributed by atoms with Gasteiger partial charge in [0, 0.05) is 4.47 Å². The van der Waals surface area contributed by atoms with Crippen LogP contribution in [0.25, 0.3) is 6.08 Å². The number of carbonyl (C=O) groups is 2. The van der Waals surface area contributed by atoms with E-state index < -0.39 is 11.9 Å². The molecule has 0 saturated carbocycles. The maximum absolute atomic E-state index is 12.2. The van der Waals surface area contributed by atoms with Crippen molar-refractivity contribution in [2.45, 2.75) is 0 Å². The van der Waals surface area contributed by atoms with E-state index in [9.17, 15) is 14.9 Å². The van der Waals surface area contributed by atoms with Gasteiger partial charge in [-0.1, -0.05) is 28.1 Å². The van der Waals surface area contributed by atoms with Gasteiger partial charge < -0.3 is 10.1 Å². The molecule has 0 saturated heterocycles. The zero-order valence-electron chi connectivity index (χ0n) is 12.0. The molecular weight excluding hydrogens is 380 g/mol. The molecule has 116 valence electrons. The van der Waals surface area contributed by atoms with Crippen LogP contribution < -0.4 is 5.32 Å². The van der Waals surface area contributed by atoms with Crippen LogP contribution in [0.4, 0.5) is 5.00 Å². The minimum atomic E-state index is -0.581. The fraction of sp³-hybridized carbons (Fsp3) is 0.0625. The number of amides is 1. The summed E-state index contributed by atoms with van der Waals surface area (Å²) in [5, 5.41) is 13.8. The van der Waals surface area contributed by atoms with Gasteiger partial charge in [0.25, 0.3) is 5.91 Å². The third-order valence-corrected chi connectivity index (χ3v) is 4.20. The first kappa shape index (κ1) is 16.9. The predicted molar refractivity (Wildman–Crippen MR) is 92.0 cm³/mol. The first-order valence-electron chi connectivity index (χ1n) is 6.39. The van der Waals surface area contributed by atoms with Gasteiger partial charge in [0.15, 0.2) is 0 Å². The van der Waals surface area contributed by atoms with Gasteiger partial charge in [-0.05, 0) is 35.2 Å². The molecule has 23 heavy (non-hydrogen) atoms.